The van der Waals surface area contributed by atoms with Crippen molar-refractivity contribution in [3.63, 3.8) is 0 Å². The highest BCUT2D eigenvalue weighted by Gasteiger charge is 2.44. The predicted octanol–water partition coefficient (Wildman–Crippen LogP) is 3.46. The molecule has 0 aliphatic heterocycles. The van der Waals surface area contributed by atoms with E-state index in [-0.39, 0.29) is 0 Å². The molecule has 0 spiro atoms. The first-order valence-electron chi connectivity index (χ1n) is 8.50. The van der Waals surface area contributed by atoms with E-state index >= 15 is 0 Å². The van der Waals surface area contributed by atoms with Gasteiger partial charge in [-0.3, -0.25) is 0 Å². The Morgan fingerprint density at radius 1 is 0.731 bits per heavy atom. The second-order valence-corrected chi connectivity index (χ2v) is 9.51. The zero-order chi connectivity index (χ0) is 18.2. The Hall–Kier alpha value is -2.88. The van der Waals surface area contributed by atoms with Gasteiger partial charge in [0.05, 0.1) is 6.16 Å². The first-order valence-corrected chi connectivity index (χ1v) is 10.5. The Bertz CT molecular complexity index is 813. The first kappa shape index (κ1) is 17.9. The van der Waals surface area contributed by atoms with Crippen molar-refractivity contribution >= 4 is 29.1 Å². The lowest BCUT2D eigenvalue weighted by atomic mass is 10.3. The second-order valence-electron chi connectivity index (χ2n) is 5.90. The molecule has 128 valence electrons. The number of hydrogen-bond acceptors (Lipinski definition) is 1. The van der Waals surface area contributed by atoms with E-state index in [1.165, 1.54) is 15.9 Å². The van der Waals surface area contributed by atoms with Crippen LogP contribution in [0.25, 0.3) is 0 Å². The highest BCUT2D eigenvalue weighted by Crippen LogP contribution is 2.55. The summed E-state index contributed by atoms with van der Waals surface area (Å²) in [6.45, 7) is 0. The van der Waals surface area contributed by atoms with Gasteiger partial charge < -0.3 is 5.11 Å². The molecule has 3 rings (SSSR count). The van der Waals surface area contributed by atoms with Crippen LogP contribution in [0.3, 0.4) is 0 Å². The van der Waals surface area contributed by atoms with Gasteiger partial charge in [-0.2, -0.15) is 0 Å². The molecule has 2 nitrogen and oxygen atoms in total. The Balaban J connectivity index is 2.18. The van der Waals surface area contributed by atoms with Crippen LogP contribution >= 0.6 is 7.26 Å². The zero-order valence-corrected chi connectivity index (χ0v) is 15.3. The average Bonchev–Trinajstić information content (AvgIpc) is 2.70. The van der Waals surface area contributed by atoms with Crippen molar-refractivity contribution in [1.29, 1.82) is 0 Å². The van der Waals surface area contributed by atoms with E-state index in [1.807, 2.05) is 18.2 Å². The van der Waals surface area contributed by atoms with E-state index in [0.717, 1.165) is 6.16 Å². The number of carboxylic acids is 1. The molecule has 26 heavy (non-hydrogen) atoms. The Kier molecular flexibility index (Phi) is 5.84. The van der Waals surface area contributed by atoms with Gasteiger partial charge in [-0.05, 0) is 36.4 Å². The fraction of sp³-hybridized carbons (Fsp3) is 0.0870. The summed E-state index contributed by atoms with van der Waals surface area (Å²) in [7, 11) is -1.91. The molecule has 3 aromatic rings. The van der Waals surface area contributed by atoms with Gasteiger partial charge in [-0.1, -0.05) is 60.5 Å². The summed E-state index contributed by atoms with van der Waals surface area (Å²) >= 11 is 0. The summed E-state index contributed by atoms with van der Waals surface area (Å²) in [5, 5.41) is 12.7. The summed E-state index contributed by atoms with van der Waals surface area (Å²) in [6.07, 6.45) is 1.35. The molecule has 0 heterocycles. The Morgan fingerprint density at radius 2 is 1.12 bits per heavy atom. The van der Waals surface area contributed by atoms with Crippen LogP contribution in [0.2, 0.25) is 0 Å². The van der Waals surface area contributed by atoms with Crippen molar-refractivity contribution in [3.8, 4) is 11.8 Å². The lowest BCUT2D eigenvalue weighted by Gasteiger charge is -2.27. The van der Waals surface area contributed by atoms with Crippen LogP contribution in [0.1, 0.15) is 6.42 Å². The van der Waals surface area contributed by atoms with Crippen molar-refractivity contribution in [3.05, 3.63) is 91.0 Å². The molecule has 0 saturated heterocycles. The molecule has 0 aliphatic carbocycles. The Morgan fingerprint density at radius 3 is 1.46 bits per heavy atom. The minimum atomic E-state index is -1.91. The van der Waals surface area contributed by atoms with E-state index in [0.29, 0.717) is 6.42 Å². The number of carbonyl (C=O) groups is 1. The van der Waals surface area contributed by atoms with E-state index in [4.69, 9.17) is 5.11 Å². The third kappa shape index (κ3) is 3.85. The summed E-state index contributed by atoms with van der Waals surface area (Å²) in [5.74, 6) is 4.01. The van der Waals surface area contributed by atoms with Gasteiger partial charge in [0.25, 0.3) is 0 Å². The SMILES string of the molecule is O=C(O)C#CCC[P+](c1ccccc1)(c1ccccc1)c1ccccc1. The number of benzene rings is 3. The van der Waals surface area contributed by atoms with Crippen LogP contribution in [0, 0.1) is 11.8 Å². The molecule has 0 amide bonds. The minimum absolute atomic E-state index is 0.540. The fourth-order valence-corrected chi connectivity index (χ4v) is 7.40. The third-order valence-corrected chi connectivity index (χ3v) is 8.79. The molecule has 0 aromatic heterocycles. The first-order chi connectivity index (χ1) is 12.7. The lowest BCUT2D eigenvalue weighted by molar-refractivity contribution is -0.130. The predicted molar refractivity (Wildman–Crippen MR) is 110 cm³/mol. The molecule has 0 saturated carbocycles. The van der Waals surface area contributed by atoms with Gasteiger partial charge in [-0.25, -0.2) is 4.79 Å². The molecule has 1 N–H and O–H groups in total. The number of rotatable bonds is 5. The second kappa shape index (κ2) is 8.48. The van der Waals surface area contributed by atoms with Crippen LogP contribution in [0.15, 0.2) is 91.0 Å². The fourth-order valence-electron chi connectivity index (χ4n) is 3.24. The maximum Gasteiger partial charge on any atom is 0.381 e. The summed E-state index contributed by atoms with van der Waals surface area (Å²) in [5.41, 5.74) is 0. The quantitative estimate of drug-likeness (QED) is 0.560. The van der Waals surface area contributed by atoms with E-state index in [2.05, 4.69) is 84.6 Å². The maximum atomic E-state index is 10.8. The molecular formula is C23H20O2P+. The van der Waals surface area contributed by atoms with Gasteiger partial charge in [0.15, 0.2) is 0 Å². The van der Waals surface area contributed by atoms with E-state index < -0.39 is 13.2 Å². The van der Waals surface area contributed by atoms with Gasteiger partial charge >= 0.3 is 5.97 Å². The van der Waals surface area contributed by atoms with Crippen molar-refractivity contribution in [2.45, 2.75) is 6.42 Å². The van der Waals surface area contributed by atoms with Crippen LogP contribution in [0.4, 0.5) is 0 Å². The zero-order valence-electron chi connectivity index (χ0n) is 14.4. The molecule has 0 radical (unpaired) electrons. The van der Waals surface area contributed by atoms with Crippen LogP contribution in [0.5, 0.6) is 0 Å². The largest absolute Gasteiger partial charge is 0.472 e. The molecule has 3 heteroatoms. The smallest absolute Gasteiger partial charge is 0.381 e. The van der Waals surface area contributed by atoms with Crippen molar-refractivity contribution in [2.24, 2.45) is 0 Å². The van der Waals surface area contributed by atoms with Crippen LogP contribution in [-0.2, 0) is 4.79 Å². The summed E-state index contributed by atoms with van der Waals surface area (Å²) in [6, 6.07) is 31.6. The number of hydrogen-bond donors (Lipinski definition) is 1. The average molecular weight is 359 g/mol. The number of carboxylic acid groups (broad SMARTS) is 1. The standard InChI is InChI=1S/C23H19O2P/c24-23(25)18-10-11-19-26(20-12-4-1-5-13-20,21-14-6-2-7-15-21)22-16-8-3-9-17-22/h1-9,12-17H,11,19H2/p+1. The van der Waals surface area contributed by atoms with E-state index in [1.54, 1.807) is 0 Å². The molecule has 0 fully saturated rings. The monoisotopic (exact) mass is 359 g/mol. The number of aliphatic carboxylic acids is 1. The normalized spacial score (nSPS) is 10.6. The highest BCUT2D eigenvalue weighted by atomic mass is 31.2. The molecule has 0 unspecified atom stereocenters. The minimum Gasteiger partial charge on any atom is -0.472 e. The van der Waals surface area contributed by atoms with Gasteiger partial charge in [0.1, 0.15) is 23.2 Å². The van der Waals surface area contributed by atoms with Crippen molar-refractivity contribution in [1.82, 2.24) is 0 Å². The molecule has 3 aromatic carbocycles. The van der Waals surface area contributed by atoms with Gasteiger partial charge in [-0.15, -0.1) is 0 Å². The van der Waals surface area contributed by atoms with E-state index in [9.17, 15) is 4.79 Å². The summed E-state index contributed by atoms with van der Waals surface area (Å²) in [4.78, 5) is 10.8. The Labute approximate surface area is 154 Å². The highest BCUT2D eigenvalue weighted by molar-refractivity contribution is 7.95. The molecule has 0 atom stereocenters. The summed E-state index contributed by atoms with van der Waals surface area (Å²) < 4.78 is 0. The van der Waals surface area contributed by atoms with Gasteiger partial charge in [0, 0.05) is 12.3 Å². The van der Waals surface area contributed by atoms with Crippen LogP contribution < -0.4 is 15.9 Å². The maximum absolute atomic E-state index is 10.8. The van der Waals surface area contributed by atoms with Gasteiger partial charge in [0.2, 0.25) is 0 Å². The van der Waals surface area contributed by atoms with Crippen LogP contribution in [-0.4, -0.2) is 17.2 Å². The molecule has 0 bridgehead atoms. The van der Waals surface area contributed by atoms with Crippen molar-refractivity contribution in [2.75, 3.05) is 6.16 Å². The lowest BCUT2D eigenvalue weighted by Crippen LogP contribution is -2.33. The van der Waals surface area contributed by atoms with Crippen molar-refractivity contribution < 1.29 is 9.90 Å². The molecule has 0 aliphatic rings. The third-order valence-electron chi connectivity index (χ3n) is 4.36. The molecular weight excluding hydrogens is 339 g/mol. The topological polar surface area (TPSA) is 37.3 Å².